The summed E-state index contributed by atoms with van der Waals surface area (Å²) in [5, 5.41) is 6.21. The second-order valence-electron chi connectivity index (χ2n) is 8.10. The summed E-state index contributed by atoms with van der Waals surface area (Å²) in [6, 6.07) is 8.14. The van der Waals surface area contributed by atoms with E-state index in [-0.39, 0.29) is 22.6 Å². The number of hydrogen-bond donors (Lipinski definition) is 3. The quantitative estimate of drug-likeness (QED) is 0.575. The van der Waals surface area contributed by atoms with Gasteiger partial charge >= 0.3 is 0 Å². The number of aromatic nitrogens is 1. The van der Waals surface area contributed by atoms with Crippen LogP contribution in [-0.4, -0.2) is 64.7 Å². The minimum absolute atomic E-state index is 0.0118. The van der Waals surface area contributed by atoms with Gasteiger partial charge < -0.3 is 20.3 Å². The van der Waals surface area contributed by atoms with Crippen LogP contribution < -0.4 is 20.3 Å². The van der Waals surface area contributed by atoms with Gasteiger partial charge in [-0.05, 0) is 38.0 Å². The number of pyridine rings is 1. The zero-order valence-electron chi connectivity index (χ0n) is 18.1. The number of benzene rings is 1. The van der Waals surface area contributed by atoms with E-state index in [2.05, 4.69) is 20.3 Å². The van der Waals surface area contributed by atoms with Gasteiger partial charge in [-0.1, -0.05) is 17.7 Å². The van der Waals surface area contributed by atoms with Crippen molar-refractivity contribution in [1.29, 1.82) is 0 Å². The van der Waals surface area contributed by atoms with Crippen LogP contribution in [0.4, 0.5) is 11.5 Å². The molecule has 0 saturated carbocycles. The van der Waals surface area contributed by atoms with Gasteiger partial charge in [-0.3, -0.25) is 9.52 Å². The number of nitrogens with zero attached hydrogens (tertiary/aromatic N) is 2. The summed E-state index contributed by atoms with van der Waals surface area (Å²) >= 11 is 0. The number of amides is 1. The molecule has 3 heterocycles. The highest BCUT2D eigenvalue weighted by molar-refractivity contribution is 7.92. The zero-order valence-corrected chi connectivity index (χ0v) is 19.0. The third-order valence-electron chi connectivity index (χ3n) is 5.63. The summed E-state index contributed by atoms with van der Waals surface area (Å²) in [5.74, 6) is 0.257. The van der Waals surface area contributed by atoms with Crippen molar-refractivity contribution in [2.45, 2.75) is 30.8 Å². The Morgan fingerprint density at radius 2 is 2.00 bits per heavy atom. The molecule has 1 aromatic heterocycles. The molecule has 32 heavy (non-hydrogen) atoms. The molecule has 2 aliphatic heterocycles. The molecule has 2 fully saturated rings. The lowest BCUT2D eigenvalue weighted by Crippen LogP contribution is -2.45. The number of piperazine rings is 1. The first-order chi connectivity index (χ1) is 15.4. The molecule has 2 aromatic rings. The number of carbonyl (C=O) groups excluding carboxylic acids is 1. The molecule has 1 amide bonds. The minimum atomic E-state index is -3.80. The van der Waals surface area contributed by atoms with Crippen molar-refractivity contribution in [2.75, 3.05) is 49.0 Å². The molecule has 2 saturated heterocycles. The van der Waals surface area contributed by atoms with E-state index in [0.29, 0.717) is 37.6 Å². The molecule has 10 heteroatoms. The van der Waals surface area contributed by atoms with Crippen molar-refractivity contribution in [3.05, 3.63) is 47.7 Å². The number of rotatable bonds is 7. The molecule has 0 unspecified atom stereocenters. The van der Waals surface area contributed by atoms with Crippen LogP contribution in [0.2, 0.25) is 0 Å². The van der Waals surface area contributed by atoms with Crippen LogP contribution in [-0.2, 0) is 14.8 Å². The lowest BCUT2D eigenvalue weighted by molar-refractivity contribution is 0.0858. The molecule has 2 aliphatic rings. The summed E-state index contributed by atoms with van der Waals surface area (Å²) in [6.07, 6.45) is 3.38. The van der Waals surface area contributed by atoms with Crippen LogP contribution in [0, 0.1) is 6.92 Å². The Hall–Kier alpha value is -2.69. The van der Waals surface area contributed by atoms with Gasteiger partial charge in [0.15, 0.2) is 0 Å². The molecule has 9 nitrogen and oxygen atoms in total. The molecule has 3 N–H and O–H groups in total. The largest absolute Gasteiger partial charge is 0.376 e. The Balaban J connectivity index is 1.58. The number of aryl methyl sites for hydroxylation is 1. The highest BCUT2D eigenvalue weighted by Crippen LogP contribution is 2.24. The normalized spacial score (nSPS) is 19.0. The fourth-order valence-electron chi connectivity index (χ4n) is 3.85. The van der Waals surface area contributed by atoms with E-state index in [1.54, 1.807) is 30.3 Å². The highest BCUT2D eigenvalue weighted by atomic mass is 32.2. The van der Waals surface area contributed by atoms with Gasteiger partial charge in [0.1, 0.15) is 5.82 Å². The lowest BCUT2D eigenvalue weighted by atomic mass is 10.2. The molecule has 0 spiro atoms. The Bertz CT molecular complexity index is 1050. The van der Waals surface area contributed by atoms with Crippen LogP contribution in [0.15, 0.2) is 41.4 Å². The number of hydrogen-bond acceptors (Lipinski definition) is 7. The smallest absolute Gasteiger partial charge is 0.261 e. The van der Waals surface area contributed by atoms with Crippen molar-refractivity contribution >= 4 is 27.4 Å². The van der Waals surface area contributed by atoms with Crippen molar-refractivity contribution in [1.82, 2.24) is 15.6 Å². The van der Waals surface area contributed by atoms with Gasteiger partial charge in [0.25, 0.3) is 15.9 Å². The van der Waals surface area contributed by atoms with Crippen LogP contribution >= 0.6 is 0 Å². The summed E-state index contributed by atoms with van der Waals surface area (Å²) in [4.78, 5) is 19.7. The first kappa shape index (κ1) is 22.5. The van der Waals surface area contributed by atoms with Crippen LogP contribution in [0.5, 0.6) is 0 Å². The van der Waals surface area contributed by atoms with E-state index < -0.39 is 10.0 Å². The monoisotopic (exact) mass is 459 g/mol. The maximum absolute atomic E-state index is 13.1. The zero-order chi connectivity index (χ0) is 22.6. The van der Waals surface area contributed by atoms with E-state index in [1.807, 2.05) is 11.8 Å². The topological polar surface area (TPSA) is 113 Å². The molecule has 0 aliphatic carbocycles. The van der Waals surface area contributed by atoms with Crippen LogP contribution in [0.3, 0.4) is 0 Å². The summed E-state index contributed by atoms with van der Waals surface area (Å²) in [6.45, 7) is 6.04. The number of ether oxygens (including phenoxy) is 1. The molecular formula is C22H29N5O4S. The lowest BCUT2D eigenvalue weighted by Gasteiger charge is -2.30. The molecule has 0 radical (unpaired) electrons. The van der Waals surface area contributed by atoms with Gasteiger partial charge in [-0.25, -0.2) is 13.4 Å². The van der Waals surface area contributed by atoms with Crippen molar-refractivity contribution in [2.24, 2.45) is 0 Å². The van der Waals surface area contributed by atoms with Crippen LogP contribution in [0.1, 0.15) is 28.8 Å². The van der Waals surface area contributed by atoms with Gasteiger partial charge in [0.2, 0.25) is 0 Å². The van der Waals surface area contributed by atoms with E-state index in [9.17, 15) is 13.2 Å². The standard InChI is InChI=1S/C22H29N5O4S/c1-16-4-6-19(7-5-16)32(29,30)26-17-13-20(22(28)25-15-18-3-2-12-31-18)21(24-14-17)27-10-8-23-9-11-27/h4-7,13-14,18,23,26H,2-3,8-12,15H2,1H3,(H,25,28)/t18-/m0/s1. The van der Waals surface area contributed by atoms with Gasteiger partial charge in [0, 0.05) is 39.3 Å². The first-order valence-corrected chi connectivity index (χ1v) is 12.4. The van der Waals surface area contributed by atoms with Gasteiger partial charge in [-0.15, -0.1) is 0 Å². The van der Waals surface area contributed by atoms with E-state index in [4.69, 9.17) is 4.74 Å². The number of sulfonamides is 1. The average molecular weight is 460 g/mol. The fourth-order valence-corrected chi connectivity index (χ4v) is 4.88. The van der Waals surface area contributed by atoms with Crippen molar-refractivity contribution < 1.29 is 17.9 Å². The third-order valence-corrected chi connectivity index (χ3v) is 7.02. The Morgan fingerprint density at radius 1 is 1.25 bits per heavy atom. The number of anilines is 2. The van der Waals surface area contributed by atoms with Crippen molar-refractivity contribution in [3.8, 4) is 0 Å². The Morgan fingerprint density at radius 3 is 2.69 bits per heavy atom. The maximum atomic E-state index is 13.1. The molecule has 172 valence electrons. The predicted molar refractivity (Wildman–Crippen MR) is 123 cm³/mol. The van der Waals surface area contributed by atoms with Gasteiger partial charge in [0.05, 0.1) is 28.4 Å². The van der Waals surface area contributed by atoms with E-state index in [0.717, 1.165) is 31.5 Å². The Kier molecular flexibility index (Phi) is 6.92. The fraction of sp³-hybridized carbons (Fsp3) is 0.455. The number of carbonyl (C=O) groups is 1. The molecule has 1 atom stereocenters. The number of nitrogens with one attached hydrogen (secondary N) is 3. The molecule has 4 rings (SSSR count). The Labute approximate surface area is 188 Å². The summed E-state index contributed by atoms with van der Waals surface area (Å²) < 4.78 is 33.8. The van der Waals surface area contributed by atoms with Crippen LogP contribution in [0.25, 0.3) is 0 Å². The maximum Gasteiger partial charge on any atom is 0.261 e. The summed E-state index contributed by atoms with van der Waals surface area (Å²) in [7, 11) is -3.80. The van der Waals surface area contributed by atoms with Gasteiger partial charge in [-0.2, -0.15) is 0 Å². The first-order valence-electron chi connectivity index (χ1n) is 10.9. The SMILES string of the molecule is Cc1ccc(S(=O)(=O)Nc2cnc(N3CCNCC3)c(C(=O)NC[C@@H]3CCCO3)c2)cc1. The van der Waals surface area contributed by atoms with Crippen molar-refractivity contribution in [3.63, 3.8) is 0 Å². The van der Waals surface area contributed by atoms with E-state index >= 15 is 0 Å². The predicted octanol–water partition coefficient (Wildman–Crippen LogP) is 1.51. The average Bonchev–Trinajstić information content (AvgIpc) is 3.32. The molecule has 1 aromatic carbocycles. The summed E-state index contributed by atoms with van der Waals surface area (Å²) in [5.41, 5.74) is 1.55. The third kappa shape index (κ3) is 5.37. The molecular weight excluding hydrogens is 430 g/mol. The molecule has 0 bridgehead atoms. The minimum Gasteiger partial charge on any atom is -0.376 e. The second-order valence-corrected chi connectivity index (χ2v) is 9.78. The second kappa shape index (κ2) is 9.85. The van der Waals surface area contributed by atoms with E-state index in [1.165, 1.54) is 6.20 Å². The highest BCUT2D eigenvalue weighted by Gasteiger charge is 2.24.